The van der Waals surface area contributed by atoms with Gasteiger partial charge in [-0.2, -0.15) is 0 Å². The molecule has 1 atom stereocenters. The zero-order valence-corrected chi connectivity index (χ0v) is 17.6. The molecule has 0 saturated carbocycles. The number of pyridine rings is 2. The molecule has 2 aromatic heterocycles. The SMILES string of the molecule is NC(=O)c1ccc(-c2cccc([C@H]3CN(Cc4ccnc5ccccc45)CCO3)n2)cc1. The van der Waals surface area contributed by atoms with Crippen LogP contribution in [0.15, 0.2) is 79.0 Å². The molecule has 1 fully saturated rings. The third-order valence-electron chi connectivity index (χ3n) is 5.85. The highest BCUT2D eigenvalue weighted by atomic mass is 16.5. The van der Waals surface area contributed by atoms with Gasteiger partial charge in [-0.25, -0.2) is 0 Å². The van der Waals surface area contributed by atoms with Gasteiger partial charge in [0.1, 0.15) is 6.10 Å². The summed E-state index contributed by atoms with van der Waals surface area (Å²) in [5, 5.41) is 1.19. The van der Waals surface area contributed by atoms with Gasteiger partial charge < -0.3 is 10.5 Å². The van der Waals surface area contributed by atoms with E-state index in [1.807, 2.05) is 48.7 Å². The quantitative estimate of drug-likeness (QED) is 0.524. The van der Waals surface area contributed by atoms with Crippen LogP contribution in [0.1, 0.15) is 27.7 Å². The van der Waals surface area contributed by atoms with Gasteiger partial charge in [-0.1, -0.05) is 36.4 Å². The Morgan fingerprint density at radius 2 is 1.88 bits per heavy atom. The van der Waals surface area contributed by atoms with Crippen molar-refractivity contribution in [3.05, 3.63) is 95.8 Å². The predicted octanol–water partition coefficient (Wildman–Crippen LogP) is 3.97. The molecule has 6 heteroatoms. The van der Waals surface area contributed by atoms with E-state index in [1.165, 1.54) is 10.9 Å². The molecule has 0 radical (unpaired) electrons. The summed E-state index contributed by atoms with van der Waals surface area (Å²) in [5.74, 6) is -0.434. The molecule has 1 aliphatic rings. The minimum absolute atomic E-state index is 0.0957. The van der Waals surface area contributed by atoms with Gasteiger partial charge in [-0.15, -0.1) is 0 Å². The number of hydrogen-bond donors (Lipinski definition) is 1. The predicted molar refractivity (Wildman–Crippen MR) is 124 cm³/mol. The summed E-state index contributed by atoms with van der Waals surface area (Å²) in [7, 11) is 0. The van der Waals surface area contributed by atoms with Crippen molar-refractivity contribution in [2.75, 3.05) is 19.7 Å². The molecule has 5 rings (SSSR count). The van der Waals surface area contributed by atoms with Crippen LogP contribution in [0, 0.1) is 0 Å². The third-order valence-corrected chi connectivity index (χ3v) is 5.85. The minimum Gasteiger partial charge on any atom is -0.369 e. The maximum atomic E-state index is 11.3. The first-order valence-corrected chi connectivity index (χ1v) is 10.7. The van der Waals surface area contributed by atoms with E-state index >= 15 is 0 Å². The van der Waals surface area contributed by atoms with Crippen molar-refractivity contribution in [3.63, 3.8) is 0 Å². The number of ether oxygens (including phenoxy) is 1. The molecule has 160 valence electrons. The van der Waals surface area contributed by atoms with Gasteiger partial charge in [0.15, 0.2) is 0 Å². The molecule has 1 aliphatic heterocycles. The average Bonchev–Trinajstić information content (AvgIpc) is 2.85. The van der Waals surface area contributed by atoms with Crippen molar-refractivity contribution in [2.45, 2.75) is 12.6 Å². The number of aromatic nitrogens is 2. The van der Waals surface area contributed by atoms with Gasteiger partial charge in [0.25, 0.3) is 0 Å². The van der Waals surface area contributed by atoms with Crippen molar-refractivity contribution < 1.29 is 9.53 Å². The van der Waals surface area contributed by atoms with E-state index in [2.05, 4.69) is 28.1 Å². The fraction of sp³-hybridized carbons (Fsp3) is 0.192. The Hall–Kier alpha value is -3.61. The number of benzene rings is 2. The van der Waals surface area contributed by atoms with Gasteiger partial charge in [0, 0.05) is 42.3 Å². The van der Waals surface area contributed by atoms with E-state index < -0.39 is 5.91 Å². The van der Waals surface area contributed by atoms with Crippen LogP contribution in [0.5, 0.6) is 0 Å². The highest BCUT2D eigenvalue weighted by molar-refractivity contribution is 5.93. The molecule has 32 heavy (non-hydrogen) atoms. The summed E-state index contributed by atoms with van der Waals surface area (Å²) in [4.78, 5) is 23.1. The van der Waals surface area contributed by atoms with Crippen molar-refractivity contribution in [1.29, 1.82) is 0 Å². The first-order valence-electron chi connectivity index (χ1n) is 10.7. The highest BCUT2D eigenvalue weighted by Gasteiger charge is 2.24. The maximum absolute atomic E-state index is 11.3. The third kappa shape index (κ3) is 4.23. The number of morpholine rings is 1. The summed E-state index contributed by atoms with van der Waals surface area (Å²) < 4.78 is 6.08. The Balaban J connectivity index is 1.34. The Kier molecular flexibility index (Phi) is 5.62. The van der Waals surface area contributed by atoms with Crippen LogP contribution in [0.2, 0.25) is 0 Å². The molecule has 2 N–H and O–H groups in total. The molecule has 1 saturated heterocycles. The lowest BCUT2D eigenvalue weighted by Crippen LogP contribution is -2.38. The first-order chi connectivity index (χ1) is 15.7. The first kappa shape index (κ1) is 20.3. The Bertz CT molecular complexity index is 1250. The fourth-order valence-electron chi connectivity index (χ4n) is 4.16. The van der Waals surface area contributed by atoms with Crippen LogP contribution in [-0.2, 0) is 11.3 Å². The number of carbonyl (C=O) groups is 1. The van der Waals surface area contributed by atoms with Crippen molar-refractivity contribution in [3.8, 4) is 11.3 Å². The fourth-order valence-corrected chi connectivity index (χ4v) is 4.16. The number of amides is 1. The molecule has 0 spiro atoms. The van der Waals surface area contributed by atoms with Crippen LogP contribution in [0.3, 0.4) is 0 Å². The molecule has 3 heterocycles. The normalized spacial score (nSPS) is 16.8. The van der Waals surface area contributed by atoms with Gasteiger partial charge in [-0.3, -0.25) is 19.7 Å². The van der Waals surface area contributed by atoms with Crippen molar-refractivity contribution >= 4 is 16.8 Å². The van der Waals surface area contributed by atoms with E-state index in [-0.39, 0.29) is 6.10 Å². The molecule has 0 unspecified atom stereocenters. The highest BCUT2D eigenvalue weighted by Crippen LogP contribution is 2.26. The molecule has 4 aromatic rings. The molecule has 6 nitrogen and oxygen atoms in total. The van der Waals surface area contributed by atoms with Crippen LogP contribution in [0.4, 0.5) is 0 Å². The van der Waals surface area contributed by atoms with Crippen molar-refractivity contribution in [1.82, 2.24) is 14.9 Å². The largest absolute Gasteiger partial charge is 0.369 e. The number of primary amides is 1. The Labute approximate surface area is 186 Å². The number of hydrogen-bond acceptors (Lipinski definition) is 5. The molecular weight excluding hydrogens is 400 g/mol. The molecule has 1 amide bonds. The summed E-state index contributed by atoms with van der Waals surface area (Å²) in [6.45, 7) is 3.15. The second-order valence-electron chi connectivity index (χ2n) is 7.97. The van der Waals surface area contributed by atoms with Gasteiger partial charge in [-0.05, 0) is 42.0 Å². The lowest BCUT2D eigenvalue weighted by atomic mass is 10.1. The smallest absolute Gasteiger partial charge is 0.248 e. The number of fused-ring (bicyclic) bond motifs is 1. The van der Waals surface area contributed by atoms with Crippen LogP contribution in [-0.4, -0.2) is 40.5 Å². The van der Waals surface area contributed by atoms with Gasteiger partial charge in [0.2, 0.25) is 5.91 Å². The number of carbonyl (C=O) groups excluding carboxylic acids is 1. The summed E-state index contributed by atoms with van der Waals surface area (Å²) >= 11 is 0. The van der Waals surface area contributed by atoms with E-state index in [0.29, 0.717) is 12.2 Å². The zero-order chi connectivity index (χ0) is 21.9. The standard InChI is InChI=1S/C26H24N4O2/c27-26(31)19-10-8-18(9-11-19)22-6-3-7-24(29-22)25-17-30(14-15-32-25)16-20-12-13-28-23-5-2-1-4-21(20)23/h1-13,25H,14-17H2,(H2,27,31)/t25-/m1/s1. The van der Waals surface area contributed by atoms with Crippen LogP contribution < -0.4 is 5.73 Å². The summed E-state index contributed by atoms with van der Waals surface area (Å²) in [6.07, 6.45) is 1.78. The van der Waals surface area contributed by atoms with E-state index in [0.717, 1.165) is 42.1 Å². The number of nitrogens with two attached hydrogens (primary N) is 1. The number of para-hydroxylation sites is 1. The van der Waals surface area contributed by atoms with Crippen molar-refractivity contribution in [2.24, 2.45) is 5.73 Å². The summed E-state index contributed by atoms with van der Waals surface area (Å²) in [6, 6.07) is 23.5. The lowest BCUT2D eigenvalue weighted by molar-refractivity contribution is -0.0348. The lowest BCUT2D eigenvalue weighted by Gasteiger charge is -2.33. The minimum atomic E-state index is -0.434. The topological polar surface area (TPSA) is 81.3 Å². The number of rotatable bonds is 5. The van der Waals surface area contributed by atoms with E-state index in [9.17, 15) is 4.79 Å². The molecule has 2 aromatic carbocycles. The second-order valence-corrected chi connectivity index (χ2v) is 7.97. The average molecular weight is 425 g/mol. The molecule has 0 bridgehead atoms. The Morgan fingerprint density at radius 1 is 1.03 bits per heavy atom. The zero-order valence-electron chi connectivity index (χ0n) is 17.6. The van der Waals surface area contributed by atoms with Crippen LogP contribution in [0.25, 0.3) is 22.2 Å². The second kappa shape index (κ2) is 8.86. The Morgan fingerprint density at radius 3 is 2.72 bits per heavy atom. The number of nitrogens with zero attached hydrogens (tertiary/aromatic N) is 3. The van der Waals surface area contributed by atoms with E-state index in [1.54, 1.807) is 12.1 Å². The summed E-state index contributed by atoms with van der Waals surface area (Å²) in [5.41, 5.74) is 10.8. The van der Waals surface area contributed by atoms with Gasteiger partial charge >= 0.3 is 0 Å². The monoisotopic (exact) mass is 424 g/mol. The van der Waals surface area contributed by atoms with E-state index in [4.69, 9.17) is 15.5 Å². The maximum Gasteiger partial charge on any atom is 0.248 e. The molecule has 0 aliphatic carbocycles. The molecular formula is C26H24N4O2. The van der Waals surface area contributed by atoms with Gasteiger partial charge in [0.05, 0.1) is 23.5 Å². The van der Waals surface area contributed by atoms with Crippen LogP contribution >= 0.6 is 0 Å².